The van der Waals surface area contributed by atoms with Gasteiger partial charge in [0.05, 0.1) is 5.56 Å². The molecule has 3 nitrogen and oxygen atoms in total. The molecule has 28 heavy (non-hydrogen) atoms. The van der Waals surface area contributed by atoms with Gasteiger partial charge in [-0.25, -0.2) is 4.79 Å². The van der Waals surface area contributed by atoms with Crippen LogP contribution in [0.15, 0.2) is 54.6 Å². The van der Waals surface area contributed by atoms with Crippen molar-refractivity contribution in [1.29, 1.82) is 0 Å². The van der Waals surface area contributed by atoms with Crippen LogP contribution in [0.3, 0.4) is 0 Å². The van der Waals surface area contributed by atoms with Gasteiger partial charge < -0.3 is 5.11 Å². The van der Waals surface area contributed by atoms with E-state index < -0.39 is 5.97 Å². The van der Waals surface area contributed by atoms with Crippen LogP contribution in [0.1, 0.15) is 71.5 Å². The maximum atomic E-state index is 13.1. The normalized spacial score (nSPS) is 16.7. The molecule has 142 valence electrons. The first kappa shape index (κ1) is 18.4. The first-order valence-corrected chi connectivity index (χ1v) is 9.55. The number of hydrogen-bond donors (Lipinski definition) is 1. The summed E-state index contributed by atoms with van der Waals surface area (Å²) in [5.41, 5.74) is 4.31. The molecule has 1 aliphatic rings. The highest BCUT2D eigenvalue weighted by molar-refractivity contribution is 6.11. The Kier molecular flexibility index (Phi) is 3.97. The SMILES string of the molecule is CC1(C)CC(C)(C)c2cc(C(=O)c3ccc4cc(C(=O)O)ccc4c3)ccc21. The molecule has 0 aliphatic heterocycles. The number of carboxylic acids is 1. The smallest absolute Gasteiger partial charge is 0.335 e. The fourth-order valence-electron chi connectivity index (χ4n) is 4.82. The van der Waals surface area contributed by atoms with E-state index in [9.17, 15) is 9.59 Å². The van der Waals surface area contributed by atoms with Crippen molar-refractivity contribution in [2.24, 2.45) is 0 Å². The zero-order chi connectivity index (χ0) is 20.3. The summed E-state index contributed by atoms with van der Waals surface area (Å²) in [6, 6.07) is 16.5. The van der Waals surface area contributed by atoms with E-state index in [1.165, 1.54) is 11.1 Å². The van der Waals surface area contributed by atoms with Gasteiger partial charge in [-0.2, -0.15) is 0 Å². The molecule has 3 aromatic rings. The van der Waals surface area contributed by atoms with Crippen LogP contribution in [-0.4, -0.2) is 16.9 Å². The van der Waals surface area contributed by atoms with E-state index in [0.29, 0.717) is 11.1 Å². The molecule has 0 fully saturated rings. The molecular weight excluding hydrogens is 348 g/mol. The van der Waals surface area contributed by atoms with Crippen molar-refractivity contribution in [3.05, 3.63) is 82.4 Å². The first-order valence-electron chi connectivity index (χ1n) is 9.55. The quantitative estimate of drug-likeness (QED) is 0.598. The largest absolute Gasteiger partial charge is 0.478 e. The summed E-state index contributed by atoms with van der Waals surface area (Å²) in [6.07, 6.45) is 1.06. The van der Waals surface area contributed by atoms with Crippen LogP contribution in [0.5, 0.6) is 0 Å². The molecule has 0 aromatic heterocycles. The van der Waals surface area contributed by atoms with Crippen LogP contribution < -0.4 is 0 Å². The first-order chi connectivity index (χ1) is 13.1. The second-order valence-corrected chi connectivity index (χ2v) is 9.12. The third-order valence-corrected chi connectivity index (χ3v) is 5.97. The van der Waals surface area contributed by atoms with Crippen molar-refractivity contribution in [2.45, 2.75) is 44.9 Å². The molecule has 0 atom stereocenters. The number of aromatic carboxylic acids is 1. The topological polar surface area (TPSA) is 54.4 Å². The van der Waals surface area contributed by atoms with Gasteiger partial charge >= 0.3 is 5.97 Å². The molecule has 4 rings (SSSR count). The van der Waals surface area contributed by atoms with E-state index in [2.05, 4.69) is 39.8 Å². The number of ketones is 1. The predicted octanol–water partition coefficient (Wildman–Crippen LogP) is 5.73. The van der Waals surface area contributed by atoms with Gasteiger partial charge in [-0.05, 0) is 63.4 Å². The molecule has 0 unspecified atom stereocenters. The zero-order valence-electron chi connectivity index (χ0n) is 16.7. The minimum Gasteiger partial charge on any atom is -0.478 e. The van der Waals surface area contributed by atoms with E-state index in [-0.39, 0.29) is 22.2 Å². The van der Waals surface area contributed by atoms with Crippen LogP contribution >= 0.6 is 0 Å². The highest BCUT2D eigenvalue weighted by atomic mass is 16.4. The number of carbonyl (C=O) groups is 2. The number of carbonyl (C=O) groups excluding carboxylic acids is 1. The van der Waals surface area contributed by atoms with Crippen molar-refractivity contribution in [2.75, 3.05) is 0 Å². The van der Waals surface area contributed by atoms with Gasteiger partial charge in [0.2, 0.25) is 0 Å². The van der Waals surface area contributed by atoms with Crippen molar-refractivity contribution < 1.29 is 14.7 Å². The van der Waals surface area contributed by atoms with E-state index in [0.717, 1.165) is 17.2 Å². The monoisotopic (exact) mass is 372 g/mol. The molecule has 0 bridgehead atoms. The van der Waals surface area contributed by atoms with Gasteiger partial charge in [-0.3, -0.25) is 4.79 Å². The summed E-state index contributed by atoms with van der Waals surface area (Å²) < 4.78 is 0. The van der Waals surface area contributed by atoms with Crippen LogP contribution in [0.25, 0.3) is 10.8 Å². The predicted molar refractivity (Wildman–Crippen MR) is 111 cm³/mol. The van der Waals surface area contributed by atoms with Gasteiger partial charge in [0.1, 0.15) is 0 Å². The Bertz CT molecular complexity index is 1140. The summed E-state index contributed by atoms with van der Waals surface area (Å²) in [4.78, 5) is 24.3. The van der Waals surface area contributed by atoms with Crippen molar-refractivity contribution >= 4 is 22.5 Å². The number of carboxylic acid groups (broad SMARTS) is 1. The molecule has 0 saturated heterocycles. The minimum absolute atomic E-state index is 0.00693. The van der Waals surface area contributed by atoms with E-state index >= 15 is 0 Å². The molecule has 1 aliphatic carbocycles. The Hall–Kier alpha value is -2.94. The second-order valence-electron chi connectivity index (χ2n) is 9.12. The van der Waals surface area contributed by atoms with Crippen LogP contribution in [0.2, 0.25) is 0 Å². The van der Waals surface area contributed by atoms with Crippen LogP contribution in [0.4, 0.5) is 0 Å². The Morgan fingerprint density at radius 2 is 1.21 bits per heavy atom. The van der Waals surface area contributed by atoms with Gasteiger partial charge in [0.15, 0.2) is 5.78 Å². The number of fused-ring (bicyclic) bond motifs is 2. The lowest BCUT2D eigenvalue weighted by Gasteiger charge is -2.22. The lowest BCUT2D eigenvalue weighted by molar-refractivity contribution is 0.0697. The molecule has 3 heteroatoms. The second kappa shape index (κ2) is 6.03. The van der Waals surface area contributed by atoms with Crippen LogP contribution in [0, 0.1) is 0 Å². The van der Waals surface area contributed by atoms with E-state index in [1.54, 1.807) is 24.3 Å². The summed E-state index contributed by atoms with van der Waals surface area (Å²) in [7, 11) is 0. The average Bonchev–Trinajstić information content (AvgIpc) is 2.83. The molecule has 0 spiro atoms. The van der Waals surface area contributed by atoms with Crippen molar-refractivity contribution in [3.8, 4) is 0 Å². The van der Waals surface area contributed by atoms with E-state index in [1.807, 2.05) is 18.2 Å². The summed E-state index contributed by atoms with van der Waals surface area (Å²) >= 11 is 0. The number of rotatable bonds is 3. The summed E-state index contributed by atoms with van der Waals surface area (Å²) in [5.74, 6) is -0.960. The third kappa shape index (κ3) is 2.91. The third-order valence-electron chi connectivity index (χ3n) is 5.97. The average molecular weight is 372 g/mol. The lowest BCUT2D eigenvalue weighted by Crippen LogP contribution is -2.18. The molecule has 1 N–H and O–H groups in total. The Labute approximate surface area is 165 Å². The Morgan fingerprint density at radius 3 is 1.86 bits per heavy atom. The van der Waals surface area contributed by atoms with E-state index in [4.69, 9.17) is 5.11 Å². The standard InChI is InChI=1S/C25H24O3/c1-24(2)14-25(3,4)21-13-18(9-10-20(21)24)22(26)17-7-5-16-12-19(23(27)28)8-6-15(16)11-17/h5-13H,14H2,1-4H3,(H,27,28). The highest BCUT2D eigenvalue weighted by Gasteiger charge is 2.41. The summed E-state index contributed by atoms with van der Waals surface area (Å²) in [6.45, 7) is 9.00. The van der Waals surface area contributed by atoms with Crippen molar-refractivity contribution in [3.63, 3.8) is 0 Å². The molecule has 0 heterocycles. The number of benzene rings is 3. The Balaban J connectivity index is 1.74. The van der Waals surface area contributed by atoms with Crippen molar-refractivity contribution in [1.82, 2.24) is 0 Å². The molecular formula is C25H24O3. The zero-order valence-corrected chi connectivity index (χ0v) is 16.7. The van der Waals surface area contributed by atoms with Gasteiger partial charge in [0, 0.05) is 11.1 Å². The fraction of sp³-hybridized carbons (Fsp3) is 0.280. The van der Waals surface area contributed by atoms with Crippen LogP contribution in [-0.2, 0) is 10.8 Å². The highest BCUT2D eigenvalue weighted by Crippen LogP contribution is 2.49. The van der Waals surface area contributed by atoms with Gasteiger partial charge in [-0.15, -0.1) is 0 Å². The minimum atomic E-state index is -0.953. The molecule has 0 radical (unpaired) electrons. The van der Waals surface area contributed by atoms with Gasteiger partial charge in [-0.1, -0.05) is 58.0 Å². The summed E-state index contributed by atoms with van der Waals surface area (Å²) in [5, 5.41) is 10.8. The fourth-order valence-corrected chi connectivity index (χ4v) is 4.82. The van der Waals surface area contributed by atoms with Gasteiger partial charge in [0.25, 0.3) is 0 Å². The molecule has 3 aromatic carbocycles. The number of hydrogen-bond acceptors (Lipinski definition) is 2. The Morgan fingerprint density at radius 1 is 0.714 bits per heavy atom. The lowest BCUT2D eigenvalue weighted by atomic mass is 9.82. The molecule has 0 amide bonds. The molecule has 0 saturated carbocycles. The maximum Gasteiger partial charge on any atom is 0.335 e. The maximum absolute atomic E-state index is 13.1.